The molecule has 0 unspecified atom stereocenters. The Balaban J connectivity index is 1.86. The van der Waals surface area contributed by atoms with Gasteiger partial charge in [0, 0.05) is 25.8 Å². The van der Waals surface area contributed by atoms with Crippen LogP contribution in [0.25, 0.3) is 0 Å². The van der Waals surface area contributed by atoms with Gasteiger partial charge in [0.05, 0.1) is 11.7 Å². The summed E-state index contributed by atoms with van der Waals surface area (Å²) in [4.78, 5) is 4.66. The quantitative estimate of drug-likeness (QED) is 0.772. The van der Waals surface area contributed by atoms with Gasteiger partial charge in [0.1, 0.15) is 0 Å². The average Bonchev–Trinajstić information content (AvgIpc) is 2.94. The number of hydrogen-bond donors (Lipinski definition) is 0. The topological polar surface area (TPSA) is 24.3 Å². The second-order valence-corrected chi connectivity index (χ2v) is 7.80. The second kappa shape index (κ2) is 6.93. The van der Waals surface area contributed by atoms with E-state index in [1.807, 2.05) is 0 Å². The van der Waals surface area contributed by atoms with Crippen molar-refractivity contribution in [2.24, 2.45) is 5.41 Å². The van der Waals surface area contributed by atoms with Gasteiger partial charge in [-0.1, -0.05) is 26.7 Å². The van der Waals surface area contributed by atoms with Gasteiger partial charge < -0.3 is 4.90 Å². The van der Waals surface area contributed by atoms with Crippen LogP contribution < -0.4 is 0 Å². The van der Waals surface area contributed by atoms with Crippen molar-refractivity contribution in [2.45, 2.75) is 52.1 Å². The predicted molar refractivity (Wildman–Crippen MR) is 88.4 cm³/mol. The van der Waals surface area contributed by atoms with Crippen LogP contribution in [0.5, 0.6) is 0 Å². The van der Waals surface area contributed by atoms with Crippen molar-refractivity contribution < 1.29 is 0 Å². The fraction of sp³-hybridized carbons (Fsp3) is 0.824. The van der Waals surface area contributed by atoms with E-state index in [1.165, 1.54) is 31.4 Å². The Morgan fingerprint density at radius 1 is 1.19 bits per heavy atom. The maximum absolute atomic E-state index is 4.79. The van der Waals surface area contributed by atoms with Gasteiger partial charge in [-0.05, 0) is 45.5 Å². The van der Waals surface area contributed by atoms with E-state index in [9.17, 15) is 0 Å². The average molecular weight is 292 g/mol. The molecule has 1 aromatic rings. The molecule has 0 N–H and O–H groups in total. The van der Waals surface area contributed by atoms with Crippen molar-refractivity contribution in [2.75, 3.05) is 34.2 Å². The summed E-state index contributed by atoms with van der Waals surface area (Å²) in [6, 6.07) is 2.84. The molecule has 120 valence electrons. The van der Waals surface area contributed by atoms with E-state index in [4.69, 9.17) is 5.10 Å². The molecule has 1 saturated carbocycles. The van der Waals surface area contributed by atoms with E-state index >= 15 is 0 Å². The van der Waals surface area contributed by atoms with Crippen LogP contribution in [0.1, 0.15) is 51.3 Å². The van der Waals surface area contributed by atoms with Gasteiger partial charge in [-0.25, -0.2) is 0 Å². The summed E-state index contributed by atoms with van der Waals surface area (Å²) in [7, 11) is 6.49. The van der Waals surface area contributed by atoms with Crippen molar-refractivity contribution >= 4 is 0 Å². The first-order chi connectivity index (χ1) is 9.85. The normalized spacial score (nSPS) is 17.3. The Morgan fingerprint density at radius 2 is 1.86 bits per heavy atom. The van der Waals surface area contributed by atoms with E-state index in [2.05, 4.69) is 61.7 Å². The van der Waals surface area contributed by atoms with Crippen LogP contribution in [0.4, 0.5) is 0 Å². The molecule has 0 spiro atoms. The molecule has 21 heavy (non-hydrogen) atoms. The van der Waals surface area contributed by atoms with E-state index < -0.39 is 0 Å². The number of rotatable bonds is 7. The van der Waals surface area contributed by atoms with Crippen molar-refractivity contribution in [1.82, 2.24) is 19.6 Å². The standard InChI is InChI=1S/C17H32N4/c1-17(2,13-19(3)4)14-20(5)12-15-10-11-21(18-15)16-8-6-7-9-16/h10-11,16H,6-9,12-14H2,1-5H3. The van der Waals surface area contributed by atoms with E-state index in [-0.39, 0.29) is 0 Å². The predicted octanol–water partition coefficient (Wildman–Crippen LogP) is 3.02. The van der Waals surface area contributed by atoms with Crippen molar-refractivity contribution in [1.29, 1.82) is 0 Å². The van der Waals surface area contributed by atoms with Crippen LogP contribution in [0.15, 0.2) is 12.3 Å². The highest BCUT2D eigenvalue weighted by Gasteiger charge is 2.22. The summed E-state index contributed by atoms with van der Waals surface area (Å²) in [6.07, 6.45) is 7.49. The monoisotopic (exact) mass is 292 g/mol. The molecule has 1 aliphatic rings. The first-order valence-corrected chi connectivity index (χ1v) is 8.23. The molecule has 0 saturated heterocycles. The van der Waals surface area contributed by atoms with Gasteiger partial charge in [0.2, 0.25) is 0 Å². The molecule has 0 radical (unpaired) electrons. The minimum Gasteiger partial charge on any atom is -0.309 e. The zero-order chi connectivity index (χ0) is 15.5. The Morgan fingerprint density at radius 3 is 2.48 bits per heavy atom. The third-order valence-corrected chi connectivity index (χ3v) is 4.24. The number of aromatic nitrogens is 2. The summed E-state index contributed by atoms with van der Waals surface area (Å²) in [6.45, 7) is 7.80. The Hall–Kier alpha value is -0.870. The van der Waals surface area contributed by atoms with Gasteiger partial charge in [-0.15, -0.1) is 0 Å². The van der Waals surface area contributed by atoms with Gasteiger partial charge >= 0.3 is 0 Å². The summed E-state index contributed by atoms with van der Waals surface area (Å²) in [5, 5.41) is 4.79. The summed E-state index contributed by atoms with van der Waals surface area (Å²) in [5.41, 5.74) is 1.50. The number of nitrogens with zero attached hydrogens (tertiary/aromatic N) is 4. The largest absolute Gasteiger partial charge is 0.309 e. The molecule has 1 fully saturated rings. The first-order valence-electron chi connectivity index (χ1n) is 8.23. The first kappa shape index (κ1) is 16.5. The lowest BCUT2D eigenvalue weighted by molar-refractivity contribution is 0.159. The van der Waals surface area contributed by atoms with Crippen LogP contribution in [0, 0.1) is 5.41 Å². The Bertz CT molecular complexity index is 430. The van der Waals surface area contributed by atoms with Gasteiger partial charge in [-0.3, -0.25) is 9.58 Å². The van der Waals surface area contributed by atoms with Crippen LogP contribution in [-0.2, 0) is 6.54 Å². The third kappa shape index (κ3) is 5.11. The molecule has 1 aliphatic carbocycles. The van der Waals surface area contributed by atoms with Crippen LogP contribution in [0.2, 0.25) is 0 Å². The van der Waals surface area contributed by atoms with E-state index in [0.29, 0.717) is 11.5 Å². The minimum atomic E-state index is 0.298. The Kier molecular flexibility index (Phi) is 5.44. The molecule has 0 amide bonds. The van der Waals surface area contributed by atoms with E-state index in [1.54, 1.807) is 0 Å². The lowest BCUT2D eigenvalue weighted by atomic mass is 9.92. The summed E-state index contributed by atoms with van der Waals surface area (Å²) in [5.74, 6) is 0. The smallest absolute Gasteiger partial charge is 0.0764 e. The van der Waals surface area contributed by atoms with Crippen molar-refractivity contribution in [3.8, 4) is 0 Å². The Labute approximate surface area is 130 Å². The molecule has 4 nitrogen and oxygen atoms in total. The van der Waals surface area contributed by atoms with Crippen LogP contribution in [0.3, 0.4) is 0 Å². The molecule has 0 bridgehead atoms. The molecular formula is C17H32N4. The molecule has 1 heterocycles. The zero-order valence-electron chi connectivity index (χ0n) is 14.5. The highest BCUT2D eigenvalue weighted by atomic mass is 15.3. The second-order valence-electron chi connectivity index (χ2n) is 7.80. The summed E-state index contributed by atoms with van der Waals surface area (Å²) < 4.78 is 2.20. The van der Waals surface area contributed by atoms with Crippen molar-refractivity contribution in [3.63, 3.8) is 0 Å². The van der Waals surface area contributed by atoms with Gasteiger partial charge in [-0.2, -0.15) is 5.10 Å². The fourth-order valence-corrected chi connectivity index (χ4v) is 3.80. The lowest BCUT2D eigenvalue weighted by Crippen LogP contribution is -2.38. The molecule has 0 atom stereocenters. The third-order valence-electron chi connectivity index (χ3n) is 4.24. The molecular weight excluding hydrogens is 260 g/mol. The molecule has 0 aromatic carbocycles. The maximum atomic E-state index is 4.79. The SMILES string of the molecule is CN(C)CC(C)(C)CN(C)Cc1ccn(C2CCCC2)n1. The van der Waals surface area contributed by atoms with Crippen LogP contribution >= 0.6 is 0 Å². The van der Waals surface area contributed by atoms with E-state index in [0.717, 1.165) is 19.6 Å². The highest BCUT2D eigenvalue weighted by molar-refractivity contribution is 5.00. The maximum Gasteiger partial charge on any atom is 0.0764 e. The molecule has 0 aliphatic heterocycles. The molecule has 1 aromatic heterocycles. The lowest BCUT2D eigenvalue weighted by Gasteiger charge is -2.32. The van der Waals surface area contributed by atoms with Gasteiger partial charge in [0.25, 0.3) is 0 Å². The molecule has 2 rings (SSSR count). The fourth-order valence-electron chi connectivity index (χ4n) is 3.80. The minimum absolute atomic E-state index is 0.298. The summed E-state index contributed by atoms with van der Waals surface area (Å²) >= 11 is 0. The van der Waals surface area contributed by atoms with Crippen LogP contribution in [-0.4, -0.2) is 53.8 Å². The molecule has 4 heteroatoms. The zero-order valence-corrected chi connectivity index (χ0v) is 14.5. The van der Waals surface area contributed by atoms with Crippen molar-refractivity contribution in [3.05, 3.63) is 18.0 Å². The van der Waals surface area contributed by atoms with Gasteiger partial charge in [0.15, 0.2) is 0 Å². The highest BCUT2D eigenvalue weighted by Crippen LogP contribution is 2.28. The number of hydrogen-bond acceptors (Lipinski definition) is 3.